The van der Waals surface area contributed by atoms with E-state index in [4.69, 9.17) is 17.2 Å². The largest absolute Gasteiger partial charge is 0.330 e. The lowest BCUT2D eigenvalue weighted by molar-refractivity contribution is 0.0956. The van der Waals surface area contributed by atoms with E-state index >= 15 is 0 Å². The zero-order chi connectivity index (χ0) is 14.3. The molecule has 0 aliphatic carbocycles. The van der Waals surface area contributed by atoms with Crippen molar-refractivity contribution in [3.63, 3.8) is 0 Å². The van der Waals surface area contributed by atoms with E-state index < -0.39 is 6.04 Å². The predicted molar refractivity (Wildman–Crippen MR) is 79.0 cm³/mol. The van der Waals surface area contributed by atoms with Gasteiger partial charge in [-0.05, 0) is 38.3 Å². The SMILES string of the molecule is CC(N)Cc1ccc(C(=O)[C@@H](N)CCCCN)cc1. The molecule has 0 saturated carbocycles. The quantitative estimate of drug-likeness (QED) is 0.485. The van der Waals surface area contributed by atoms with Crippen LogP contribution in [0.5, 0.6) is 0 Å². The van der Waals surface area contributed by atoms with Crippen LogP contribution in [0.4, 0.5) is 0 Å². The number of hydrogen-bond donors (Lipinski definition) is 3. The van der Waals surface area contributed by atoms with Crippen molar-refractivity contribution in [3.8, 4) is 0 Å². The van der Waals surface area contributed by atoms with Crippen molar-refractivity contribution in [1.82, 2.24) is 0 Å². The normalized spacial score (nSPS) is 14.1. The van der Waals surface area contributed by atoms with E-state index in [2.05, 4.69) is 0 Å². The van der Waals surface area contributed by atoms with Gasteiger partial charge < -0.3 is 17.2 Å². The molecule has 0 aliphatic heterocycles. The molecule has 0 fully saturated rings. The molecule has 0 spiro atoms. The number of Topliss-reactive ketones (excluding diaryl/α,β-unsaturated/α-hetero) is 1. The summed E-state index contributed by atoms with van der Waals surface area (Å²) < 4.78 is 0. The number of rotatable bonds is 8. The molecule has 1 rings (SSSR count). The fourth-order valence-electron chi connectivity index (χ4n) is 2.03. The monoisotopic (exact) mass is 263 g/mol. The molecular weight excluding hydrogens is 238 g/mol. The number of carbonyl (C=O) groups is 1. The van der Waals surface area contributed by atoms with Crippen molar-refractivity contribution < 1.29 is 4.79 Å². The number of nitrogens with two attached hydrogens (primary N) is 3. The second-order valence-corrected chi connectivity index (χ2v) is 5.13. The highest BCUT2D eigenvalue weighted by Gasteiger charge is 2.15. The smallest absolute Gasteiger partial charge is 0.179 e. The Morgan fingerprint density at radius 3 is 2.32 bits per heavy atom. The number of benzene rings is 1. The molecular formula is C15H25N3O. The summed E-state index contributed by atoms with van der Waals surface area (Å²) in [4.78, 5) is 12.1. The molecule has 0 heterocycles. The summed E-state index contributed by atoms with van der Waals surface area (Å²) in [5.74, 6) is 0.00404. The molecule has 1 unspecified atom stereocenters. The van der Waals surface area contributed by atoms with Crippen molar-refractivity contribution in [2.45, 2.75) is 44.7 Å². The van der Waals surface area contributed by atoms with Gasteiger partial charge in [-0.3, -0.25) is 4.79 Å². The van der Waals surface area contributed by atoms with Gasteiger partial charge in [0.05, 0.1) is 6.04 Å². The third-order valence-corrected chi connectivity index (χ3v) is 3.10. The van der Waals surface area contributed by atoms with Crippen molar-refractivity contribution in [2.75, 3.05) is 6.54 Å². The third kappa shape index (κ3) is 5.51. The Kier molecular flexibility index (Phi) is 6.70. The van der Waals surface area contributed by atoms with Crippen LogP contribution in [0.25, 0.3) is 0 Å². The number of ketones is 1. The summed E-state index contributed by atoms with van der Waals surface area (Å²) in [6, 6.07) is 7.27. The molecule has 0 saturated heterocycles. The Labute approximate surface area is 115 Å². The average molecular weight is 263 g/mol. The first kappa shape index (κ1) is 15.8. The Balaban J connectivity index is 2.56. The Hall–Kier alpha value is -1.23. The van der Waals surface area contributed by atoms with Gasteiger partial charge in [-0.15, -0.1) is 0 Å². The lowest BCUT2D eigenvalue weighted by Crippen LogP contribution is -2.30. The molecule has 6 N–H and O–H groups in total. The number of hydrogen-bond acceptors (Lipinski definition) is 4. The molecule has 0 aromatic heterocycles. The van der Waals surface area contributed by atoms with Crippen LogP contribution < -0.4 is 17.2 Å². The van der Waals surface area contributed by atoms with Crippen LogP contribution in [0.2, 0.25) is 0 Å². The summed E-state index contributed by atoms with van der Waals surface area (Å²) in [7, 11) is 0. The van der Waals surface area contributed by atoms with E-state index in [1.807, 2.05) is 31.2 Å². The maximum atomic E-state index is 12.1. The molecule has 0 bridgehead atoms. The first-order valence-corrected chi connectivity index (χ1v) is 6.89. The van der Waals surface area contributed by atoms with Gasteiger partial charge in [-0.1, -0.05) is 30.7 Å². The van der Waals surface area contributed by atoms with E-state index in [1.54, 1.807) is 0 Å². The van der Waals surface area contributed by atoms with Gasteiger partial charge in [0, 0.05) is 11.6 Å². The molecule has 106 valence electrons. The molecule has 1 aromatic rings. The first-order chi connectivity index (χ1) is 9.04. The maximum Gasteiger partial charge on any atom is 0.179 e. The summed E-state index contributed by atoms with van der Waals surface area (Å²) in [5.41, 5.74) is 18.9. The van der Waals surface area contributed by atoms with Crippen LogP contribution in [0.15, 0.2) is 24.3 Å². The molecule has 4 heteroatoms. The first-order valence-electron chi connectivity index (χ1n) is 6.89. The Morgan fingerprint density at radius 2 is 1.79 bits per heavy atom. The molecule has 2 atom stereocenters. The Morgan fingerprint density at radius 1 is 1.16 bits per heavy atom. The fraction of sp³-hybridized carbons (Fsp3) is 0.533. The highest BCUT2D eigenvalue weighted by molar-refractivity contribution is 5.99. The van der Waals surface area contributed by atoms with Gasteiger partial charge >= 0.3 is 0 Å². The summed E-state index contributed by atoms with van der Waals surface area (Å²) in [5, 5.41) is 0. The van der Waals surface area contributed by atoms with E-state index in [9.17, 15) is 4.79 Å². The van der Waals surface area contributed by atoms with E-state index in [1.165, 1.54) is 0 Å². The lowest BCUT2D eigenvalue weighted by Gasteiger charge is -2.11. The van der Waals surface area contributed by atoms with Crippen LogP contribution in [0, 0.1) is 0 Å². The van der Waals surface area contributed by atoms with E-state index in [-0.39, 0.29) is 11.8 Å². The van der Waals surface area contributed by atoms with Gasteiger partial charge in [0.15, 0.2) is 5.78 Å². The minimum absolute atomic E-state index is 0.00404. The summed E-state index contributed by atoms with van der Waals surface area (Å²) >= 11 is 0. The predicted octanol–water partition coefficient (Wildman–Crippen LogP) is 1.22. The minimum Gasteiger partial charge on any atom is -0.330 e. The third-order valence-electron chi connectivity index (χ3n) is 3.10. The molecule has 0 radical (unpaired) electrons. The van der Waals surface area contributed by atoms with Crippen molar-refractivity contribution >= 4 is 5.78 Å². The topological polar surface area (TPSA) is 95.1 Å². The standard InChI is InChI=1S/C15H25N3O/c1-11(17)10-12-5-7-13(8-6-12)15(19)14(18)4-2-3-9-16/h5-8,11,14H,2-4,9-10,16-18H2,1H3/t11?,14-/m0/s1. The fourth-order valence-corrected chi connectivity index (χ4v) is 2.03. The van der Waals surface area contributed by atoms with Crippen LogP contribution in [-0.2, 0) is 6.42 Å². The van der Waals surface area contributed by atoms with E-state index in [0.29, 0.717) is 18.5 Å². The molecule has 4 nitrogen and oxygen atoms in total. The van der Waals surface area contributed by atoms with Crippen molar-refractivity contribution in [1.29, 1.82) is 0 Å². The number of unbranched alkanes of at least 4 members (excludes halogenated alkanes) is 1. The van der Waals surface area contributed by atoms with Crippen molar-refractivity contribution in [3.05, 3.63) is 35.4 Å². The molecule has 0 aliphatic rings. The zero-order valence-corrected chi connectivity index (χ0v) is 11.6. The summed E-state index contributed by atoms with van der Waals surface area (Å²) in [6.45, 7) is 2.61. The van der Waals surface area contributed by atoms with Gasteiger partial charge in [-0.2, -0.15) is 0 Å². The van der Waals surface area contributed by atoms with Crippen LogP contribution in [0.1, 0.15) is 42.1 Å². The lowest BCUT2D eigenvalue weighted by atomic mass is 9.98. The second kappa shape index (κ2) is 8.04. The Bertz CT molecular complexity index is 387. The van der Waals surface area contributed by atoms with Crippen LogP contribution in [-0.4, -0.2) is 24.4 Å². The van der Waals surface area contributed by atoms with Crippen LogP contribution in [0.3, 0.4) is 0 Å². The van der Waals surface area contributed by atoms with E-state index in [0.717, 1.165) is 24.8 Å². The molecule has 0 amide bonds. The zero-order valence-electron chi connectivity index (χ0n) is 11.6. The molecule has 1 aromatic carbocycles. The maximum absolute atomic E-state index is 12.1. The van der Waals surface area contributed by atoms with Gasteiger partial charge in [0.2, 0.25) is 0 Å². The highest BCUT2D eigenvalue weighted by Crippen LogP contribution is 2.10. The summed E-state index contributed by atoms with van der Waals surface area (Å²) in [6.07, 6.45) is 3.31. The average Bonchev–Trinajstić information content (AvgIpc) is 2.38. The highest BCUT2D eigenvalue weighted by atomic mass is 16.1. The van der Waals surface area contributed by atoms with Gasteiger partial charge in [-0.25, -0.2) is 0 Å². The van der Waals surface area contributed by atoms with Crippen LogP contribution >= 0.6 is 0 Å². The molecule has 19 heavy (non-hydrogen) atoms. The van der Waals surface area contributed by atoms with Gasteiger partial charge in [0.25, 0.3) is 0 Å². The van der Waals surface area contributed by atoms with Crippen molar-refractivity contribution in [2.24, 2.45) is 17.2 Å². The minimum atomic E-state index is -0.425. The van der Waals surface area contributed by atoms with Gasteiger partial charge in [0.1, 0.15) is 0 Å². The second-order valence-electron chi connectivity index (χ2n) is 5.13. The number of carbonyl (C=O) groups excluding carboxylic acids is 1.